The second-order valence-corrected chi connectivity index (χ2v) is 5.54. The summed E-state index contributed by atoms with van der Waals surface area (Å²) < 4.78 is 8.56. The van der Waals surface area contributed by atoms with Crippen molar-refractivity contribution in [1.29, 1.82) is 0 Å². The van der Waals surface area contributed by atoms with Crippen LogP contribution in [-0.4, -0.2) is 28.0 Å². The Morgan fingerprint density at radius 2 is 2.38 bits per heavy atom. The molecule has 88 valence electrons. The average molecular weight is 239 g/mol. The van der Waals surface area contributed by atoms with Crippen molar-refractivity contribution in [3.05, 3.63) is 10.6 Å². The fraction of sp³-hybridized carbons (Fsp3) is 0.818. The normalized spacial score (nSPS) is 30.6. The van der Waals surface area contributed by atoms with Gasteiger partial charge >= 0.3 is 0 Å². The lowest BCUT2D eigenvalue weighted by Crippen LogP contribution is -2.40. The van der Waals surface area contributed by atoms with Crippen molar-refractivity contribution in [2.75, 3.05) is 13.2 Å². The fourth-order valence-corrected chi connectivity index (χ4v) is 2.90. The maximum absolute atomic E-state index is 5.61. The molecule has 1 aromatic rings. The summed E-state index contributed by atoms with van der Waals surface area (Å²) in [5.74, 6) is 1.75. The Hall–Kier alpha value is -0.680. The molecule has 4 nitrogen and oxygen atoms in total. The minimum Gasteiger partial charge on any atom is -0.379 e. The minimum absolute atomic E-state index is 0.000255. The quantitative estimate of drug-likeness (QED) is 0.806. The Bertz CT molecular complexity index is 440. The highest BCUT2D eigenvalue weighted by Crippen LogP contribution is 2.41. The zero-order valence-electron chi connectivity index (χ0n) is 9.53. The number of H-pyrrole nitrogens is 1. The topological polar surface area (TPSA) is 42.8 Å². The maximum Gasteiger partial charge on any atom is 0.195 e. The highest BCUT2D eigenvalue weighted by molar-refractivity contribution is 7.71. The molecule has 2 aliphatic rings. The smallest absolute Gasteiger partial charge is 0.195 e. The summed E-state index contributed by atoms with van der Waals surface area (Å²) in [7, 11) is 0. The molecular formula is C11H17N3OS. The number of hydrogen-bond acceptors (Lipinski definition) is 3. The summed E-state index contributed by atoms with van der Waals surface area (Å²) in [4.78, 5) is 0. The van der Waals surface area contributed by atoms with E-state index in [1.165, 1.54) is 12.8 Å². The average Bonchev–Trinajstić information content (AvgIpc) is 3.03. The molecule has 1 atom stereocenters. The molecule has 1 saturated heterocycles. The van der Waals surface area contributed by atoms with Gasteiger partial charge in [0.05, 0.1) is 12.1 Å². The van der Waals surface area contributed by atoms with Gasteiger partial charge in [0, 0.05) is 12.5 Å². The van der Waals surface area contributed by atoms with Crippen molar-refractivity contribution in [3.63, 3.8) is 0 Å². The SMILES string of the molecule is CC1(n2c(C3CC3)n[nH]c2=S)CCCOC1. The van der Waals surface area contributed by atoms with E-state index in [0.717, 1.165) is 36.7 Å². The Labute approximate surface area is 100 Å². The van der Waals surface area contributed by atoms with E-state index in [0.29, 0.717) is 5.92 Å². The van der Waals surface area contributed by atoms with E-state index in [4.69, 9.17) is 17.0 Å². The lowest BCUT2D eigenvalue weighted by molar-refractivity contribution is 0.00739. The van der Waals surface area contributed by atoms with Gasteiger partial charge in [0.25, 0.3) is 0 Å². The summed E-state index contributed by atoms with van der Waals surface area (Å²) >= 11 is 5.36. The van der Waals surface area contributed by atoms with Crippen molar-refractivity contribution >= 4 is 12.2 Å². The van der Waals surface area contributed by atoms with E-state index < -0.39 is 0 Å². The molecule has 1 unspecified atom stereocenters. The van der Waals surface area contributed by atoms with Crippen molar-refractivity contribution in [1.82, 2.24) is 14.8 Å². The van der Waals surface area contributed by atoms with E-state index in [-0.39, 0.29) is 5.54 Å². The van der Waals surface area contributed by atoms with Crippen LogP contribution < -0.4 is 0 Å². The first-order valence-electron chi connectivity index (χ1n) is 5.96. The summed E-state index contributed by atoms with van der Waals surface area (Å²) in [5, 5.41) is 7.33. The lowest BCUT2D eigenvalue weighted by atomic mass is 9.94. The van der Waals surface area contributed by atoms with Crippen LogP contribution >= 0.6 is 12.2 Å². The third kappa shape index (κ3) is 1.62. The van der Waals surface area contributed by atoms with Crippen LogP contribution in [0.3, 0.4) is 0 Å². The molecular weight excluding hydrogens is 222 g/mol. The van der Waals surface area contributed by atoms with Crippen LogP contribution in [0.2, 0.25) is 0 Å². The van der Waals surface area contributed by atoms with Gasteiger partial charge in [-0.3, -0.25) is 9.67 Å². The summed E-state index contributed by atoms with van der Waals surface area (Å²) in [6.45, 7) is 3.85. The van der Waals surface area contributed by atoms with Crippen LogP contribution in [0, 0.1) is 4.77 Å². The molecule has 1 saturated carbocycles. The van der Waals surface area contributed by atoms with E-state index in [9.17, 15) is 0 Å². The first-order chi connectivity index (χ1) is 7.71. The Morgan fingerprint density at radius 3 is 3.00 bits per heavy atom. The van der Waals surface area contributed by atoms with Gasteiger partial charge in [-0.05, 0) is 44.8 Å². The number of aromatic amines is 1. The Kier molecular flexibility index (Phi) is 2.40. The third-order valence-electron chi connectivity index (χ3n) is 3.60. The molecule has 0 amide bonds. The number of rotatable bonds is 2. The van der Waals surface area contributed by atoms with E-state index in [1.807, 2.05) is 0 Å². The second kappa shape index (κ2) is 3.67. The predicted molar refractivity (Wildman–Crippen MR) is 63.1 cm³/mol. The van der Waals surface area contributed by atoms with Crippen molar-refractivity contribution in [2.24, 2.45) is 0 Å². The van der Waals surface area contributed by atoms with Gasteiger partial charge in [0.15, 0.2) is 4.77 Å². The molecule has 0 aromatic carbocycles. The van der Waals surface area contributed by atoms with Gasteiger partial charge in [0.1, 0.15) is 5.82 Å². The summed E-state index contributed by atoms with van der Waals surface area (Å²) in [5.41, 5.74) is 0.000255. The van der Waals surface area contributed by atoms with Crippen LogP contribution in [-0.2, 0) is 10.3 Å². The van der Waals surface area contributed by atoms with Crippen LogP contribution in [0.25, 0.3) is 0 Å². The zero-order valence-corrected chi connectivity index (χ0v) is 10.3. The lowest BCUT2D eigenvalue weighted by Gasteiger charge is -2.35. The van der Waals surface area contributed by atoms with Crippen LogP contribution in [0.1, 0.15) is 44.3 Å². The van der Waals surface area contributed by atoms with Gasteiger partial charge < -0.3 is 4.74 Å². The van der Waals surface area contributed by atoms with Gasteiger partial charge in [-0.15, -0.1) is 0 Å². The largest absolute Gasteiger partial charge is 0.379 e. The molecule has 0 radical (unpaired) electrons. The first kappa shape index (κ1) is 10.5. The Morgan fingerprint density at radius 1 is 1.56 bits per heavy atom. The number of aromatic nitrogens is 3. The van der Waals surface area contributed by atoms with Gasteiger partial charge in [-0.2, -0.15) is 5.10 Å². The van der Waals surface area contributed by atoms with Crippen LogP contribution in [0.15, 0.2) is 0 Å². The first-order valence-corrected chi connectivity index (χ1v) is 6.37. The fourth-order valence-electron chi connectivity index (χ4n) is 2.54. The number of nitrogens with one attached hydrogen (secondary N) is 1. The van der Waals surface area contributed by atoms with Crippen molar-refractivity contribution in [2.45, 2.75) is 44.1 Å². The molecule has 3 rings (SSSR count). The number of nitrogens with zero attached hydrogens (tertiary/aromatic N) is 2. The van der Waals surface area contributed by atoms with Gasteiger partial charge in [-0.1, -0.05) is 0 Å². The highest BCUT2D eigenvalue weighted by atomic mass is 32.1. The van der Waals surface area contributed by atoms with Crippen LogP contribution in [0.4, 0.5) is 0 Å². The zero-order chi connectivity index (χ0) is 11.2. The molecule has 1 N–H and O–H groups in total. The van der Waals surface area contributed by atoms with E-state index in [1.54, 1.807) is 0 Å². The third-order valence-corrected chi connectivity index (χ3v) is 3.87. The predicted octanol–water partition coefficient (Wildman–Crippen LogP) is 2.34. The molecule has 1 aromatic heterocycles. The number of ether oxygens (including phenoxy) is 1. The van der Waals surface area contributed by atoms with Gasteiger partial charge in [0.2, 0.25) is 0 Å². The molecule has 1 aliphatic heterocycles. The monoisotopic (exact) mass is 239 g/mol. The van der Waals surface area contributed by atoms with E-state index in [2.05, 4.69) is 21.7 Å². The van der Waals surface area contributed by atoms with Crippen molar-refractivity contribution < 1.29 is 4.74 Å². The van der Waals surface area contributed by atoms with Crippen LogP contribution in [0.5, 0.6) is 0 Å². The van der Waals surface area contributed by atoms with Gasteiger partial charge in [-0.25, -0.2) is 0 Å². The molecule has 1 aliphatic carbocycles. The summed E-state index contributed by atoms with van der Waals surface area (Å²) in [6, 6.07) is 0. The van der Waals surface area contributed by atoms with E-state index >= 15 is 0 Å². The second-order valence-electron chi connectivity index (χ2n) is 5.15. The highest BCUT2D eigenvalue weighted by Gasteiger charge is 2.37. The molecule has 2 fully saturated rings. The standard InChI is InChI=1S/C11H17N3OS/c1-11(5-2-6-15-7-11)14-9(8-3-4-8)12-13-10(14)16/h8H,2-7H2,1H3,(H,13,16). The molecule has 5 heteroatoms. The molecule has 0 spiro atoms. The number of hydrogen-bond donors (Lipinski definition) is 1. The molecule has 16 heavy (non-hydrogen) atoms. The minimum atomic E-state index is 0.000255. The molecule has 2 heterocycles. The molecule has 0 bridgehead atoms. The maximum atomic E-state index is 5.61. The Balaban J connectivity index is 2.03. The van der Waals surface area contributed by atoms with Crippen molar-refractivity contribution in [3.8, 4) is 0 Å². The summed E-state index contributed by atoms with van der Waals surface area (Å²) in [6.07, 6.45) is 4.72.